The molecule has 12 heteroatoms. The molecule has 2 aromatic rings. The highest BCUT2D eigenvalue weighted by atomic mass is 16.7. The quantitative estimate of drug-likeness (QED) is 0.193. The Balaban J connectivity index is 2.18. The smallest absolute Gasteiger partial charge is 0.468 e. The average Bonchev–Trinajstić information content (AvgIpc) is 2.92. The first-order valence-electron chi connectivity index (χ1n) is 13.0. The standard InChI is InChI=1S/C29H37NO11/c1-19(2)17-37-27(33)40-23-12-11-21(15-24(23)41-28(34)38-18-20(3)4)16-29(30,25(31)35-5)13-14-36-26(32)39-22-9-7-6-8-10-22/h6-12,15,19-20H,13-14,16-18,30H2,1-5H3/t29-/m1/s1. The van der Waals surface area contributed by atoms with Crippen molar-refractivity contribution in [2.24, 2.45) is 17.6 Å². The Morgan fingerprint density at radius 2 is 1.32 bits per heavy atom. The van der Waals surface area contributed by atoms with Crippen LogP contribution in [-0.4, -0.2) is 56.9 Å². The van der Waals surface area contributed by atoms with Crippen molar-refractivity contribution in [2.45, 2.75) is 46.1 Å². The molecular weight excluding hydrogens is 538 g/mol. The van der Waals surface area contributed by atoms with E-state index in [1.54, 1.807) is 30.3 Å². The second kappa shape index (κ2) is 16.1. The highest BCUT2D eigenvalue weighted by Gasteiger charge is 2.36. The van der Waals surface area contributed by atoms with Crippen LogP contribution in [0.4, 0.5) is 14.4 Å². The van der Waals surface area contributed by atoms with Gasteiger partial charge in [0.25, 0.3) is 0 Å². The molecule has 12 nitrogen and oxygen atoms in total. The maximum atomic E-state index is 12.6. The molecule has 0 spiro atoms. The molecule has 1 atom stereocenters. The summed E-state index contributed by atoms with van der Waals surface area (Å²) in [5.41, 5.74) is 5.17. The molecule has 0 heterocycles. The van der Waals surface area contributed by atoms with Gasteiger partial charge < -0.3 is 38.9 Å². The molecule has 0 aliphatic heterocycles. The van der Waals surface area contributed by atoms with Crippen molar-refractivity contribution in [3.63, 3.8) is 0 Å². The van der Waals surface area contributed by atoms with Crippen LogP contribution in [0, 0.1) is 11.8 Å². The molecule has 0 aromatic heterocycles. The molecule has 41 heavy (non-hydrogen) atoms. The molecular formula is C29H37NO11. The second-order valence-electron chi connectivity index (χ2n) is 9.98. The van der Waals surface area contributed by atoms with E-state index in [2.05, 4.69) is 0 Å². The van der Waals surface area contributed by atoms with Gasteiger partial charge >= 0.3 is 24.4 Å². The molecule has 0 aliphatic carbocycles. The summed E-state index contributed by atoms with van der Waals surface area (Å²) in [5.74, 6) is -0.620. The maximum Gasteiger partial charge on any atom is 0.513 e. The normalized spacial score (nSPS) is 12.2. The third-order valence-corrected chi connectivity index (χ3v) is 5.29. The number of para-hydroxylation sites is 1. The summed E-state index contributed by atoms with van der Waals surface area (Å²) in [6, 6.07) is 12.6. The van der Waals surface area contributed by atoms with Gasteiger partial charge in [0, 0.05) is 12.8 Å². The topological polar surface area (TPSA) is 159 Å². The number of methoxy groups -OCH3 is 1. The Morgan fingerprint density at radius 3 is 1.88 bits per heavy atom. The minimum Gasteiger partial charge on any atom is -0.468 e. The molecule has 2 rings (SSSR count). The average molecular weight is 576 g/mol. The zero-order chi connectivity index (χ0) is 30.4. The number of ether oxygens (including phenoxy) is 7. The first-order chi connectivity index (χ1) is 19.4. The summed E-state index contributed by atoms with van der Waals surface area (Å²) in [6.45, 7) is 7.40. The van der Waals surface area contributed by atoms with E-state index in [4.69, 9.17) is 38.9 Å². The number of nitrogens with two attached hydrogens (primary N) is 1. The lowest BCUT2D eigenvalue weighted by atomic mass is 9.88. The van der Waals surface area contributed by atoms with Gasteiger partial charge in [0.05, 0.1) is 26.9 Å². The van der Waals surface area contributed by atoms with Crippen LogP contribution in [0.3, 0.4) is 0 Å². The van der Waals surface area contributed by atoms with Crippen molar-refractivity contribution in [1.82, 2.24) is 0 Å². The van der Waals surface area contributed by atoms with Crippen LogP contribution in [0.15, 0.2) is 48.5 Å². The van der Waals surface area contributed by atoms with Crippen molar-refractivity contribution in [1.29, 1.82) is 0 Å². The van der Waals surface area contributed by atoms with Gasteiger partial charge in [-0.1, -0.05) is 52.0 Å². The molecule has 224 valence electrons. The van der Waals surface area contributed by atoms with Crippen molar-refractivity contribution in [2.75, 3.05) is 26.9 Å². The Kier molecular flexibility index (Phi) is 12.9. The number of hydrogen-bond acceptors (Lipinski definition) is 12. The van der Waals surface area contributed by atoms with Gasteiger partial charge in [-0.05, 0) is 41.7 Å². The van der Waals surface area contributed by atoms with Crippen LogP contribution in [0.25, 0.3) is 0 Å². The number of rotatable bonds is 13. The van der Waals surface area contributed by atoms with Crippen LogP contribution in [0.2, 0.25) is 0 Å². The van der Waals surface area contributed by atoms with Crippen LogP contribution in [0.5, 0.6) is 17.2 Å². The lowest BCUT2D eigenvalue weighted by Crippen LogP contribution is -2.51. The van der Waals surface area contributed by atoms with Crippen LogP contribution in [0.1, 0.15) is 39.7 Å². The lowest BCUT2D eigenvalue weighted by molar-refractivity contribution is -0.147. The van der Waals surface area contributed by atoms with E-state index in [9.17, 15) is 19.2 Å². The summed E-state index contributed by atoms with van der Waals surface area (Å²) < 4.78 is 35.7. The largest absolute Gasteiger partial charge is 0.513 e. The molecule has 2 aromatic carbocycles. The van der Waals surface area contributed by atoms with E-state index in [1.807, 2.05) is 27.7 Å². The minimum atomic E-state index is -1.64. The summed E-state index contributed by atoms with van der Waals surface area (Å²) in [6.07, 6.45) is -3.23. The number of esters is 1. The van der Waals surface area contributed by atoms with E-state index in [0.717, 1.165) is 0 Å². The zero-order valence-electron chi connectivity index (χ0n) is 23.9. The van der Waals surface area contributed by atoms with Gasteiger partial charge in [-0.15, -0.1) is 0 Å². The fourth-order valence-electron chi connectivity index (χ4n) is 3.30. The highest BCUT2D eigenvalue weighted by molar-refractivity contribution is 5.81. The molecule has 0 aliphatic rings. The summed E-state index contributed by atoms with van der Waals surface area (Å²) in [5, 5.41) is 0. The van der Waals surface area contributed by atoms with Gasteiger partial charge in [-0.3, -0.25) is 4.79 Å². The van der Waals surface area contributed by atoms with E-state index < -0.39 is 30.0 Å². The first kappa shape index (κ1) is 32.9. The van der Waals surface area contributed by atoms with Crippen LogP contribution < -0.4 is 19.9 Å². The number of hydrogen-bond donors (Lipinski definition) is 1. The third-order valence-electron chi connectivity index (χ3n) is 5.29. The molecule has 0 amide bonds. The molecule has 0 radical (unpaired) electrons. The van der Waals surface area contributed by atoms with Gasteiger partial charge in [0.2, 0.25) is 0 Å². The van der Waals surface area contributed by atoms with Crippen LogP contribution in [-0.2, 0) is 30.2 Å². The Bertz CT molecular complexity index is 1170. The van der Waals surface area contributed by atoms with Gasteiger partial charge in [0.1, 0.15) is 11.3 Å². The predicted octanol–water partition coefficient (Wildman–Crippen LogP) is 5.05. The highest BCUT2D eigenvalue weighted by Crippen LogP contribution is 2.31. The fraction of sp³-hybridized carbons (Fsp3) is 0.448. The maximum absolute atomic E-state index is 12.6. The lowest BCUT2D eigenvalue weighted by Gasteiger charge is -2.26. The summed E-state index contributed by atoms with van der Waals surface area (Å²) in [4.78, 5) is 49.1. The van der Waals surface area contributed by atoms with Gasteiger partial charge in [-0.2, -0.15) is 0 Å². The van der Waals surface area contributed by atoms with E-state index in [0.29, 0.717) is 11.3 Å². The Labute approximate surface area is 238 Å². The van der Waals surface area contributed by atoms with Crippen molar-refractivity contribution < 1.29 is 52.3 Å². The van der Waals surface area contributed by atoms with Crippen LogP contribution >= 0.6 is 0 Å². The fourth-order valence-corrected chi connectivity index (χ4v) is 3.30. The summed E-state index contributed by atoms with van der Waals surface area (Å²) in [7, 11) is 1.17. The summed E-state index contributed by atoms with van der Waals surface area (Å²) >= 11 is 0. The Morgan fingerprint density at radius 1 is 0.756 bits per heavy atom. The number of carbonyl (C=O) groups excluding carboxylic acids is 4. The second-order valence-corrected chi connectivity index (χ2v) is 9.98. The van der Waals surface area contributed by atoms with E-state index in [1.165, 1.54) is 25.3 Å². The van der Waals surface area contributed by atoms with Crippen molar-refractivity contribution >= 4 is 24.4 Å². The first-order valence-corrected chi connectivity index (χ1v) is 13.0. The Hall–Kier alpha value is -4.32. The molecule has 0 saturated carbocycles. The van der Waals surface area contributed by atoms with Gasteiger partial charge in [0.15, 0.2) is 11.5 Å². The van der Waals surface area contributed by atoms with E-state index >= 15 is 0 Å². The van der Waals surface area contributed by atoms with Crippen molar-refractivity contribution in [3.8, 4) is 17.2 Å². The molecule has 0 saturated heterocycles. The SMILES string of the molecule is COC(=O)[C@@](N)(CCOC(=O)Oc1ccccc1)Cc1ccc(OC(=O)OCC(C)C)c(OC(=O)OCC(C)C)c1. The number of carbonyl (C=O) groups is 4. The predicted molar refractivity (Wildman–Crippen MR) is 146 cm³/mol. The molecule has 0 unspecified atom stereocenters. The minimum absolute atomic E-state index is 0.0562. The monoisotopic (exact) mass is 575 g/mol. The van der Waals surface area contributed by atoms with Crippen molar-refractivity contribution in [3.05, 3.63) is 54.1 Å². The molecule has 2 N–H and O–H groups in total. The zero-order valence-corrected chi connectivity index (χ0v) is 23.9. The van der Waals surface area contributed by atoms with Gasteiger partial charge in [-0.25, -0.2) is 14.4 Å². The third kappa shape index (κ3) is 11.8. The number of benzene rings is 2. The molecule has 0 fully saturated rings. The van der Waals surface area contributed by atoms with E-state index in [-0.39, 0.29) is 56.0 Å². The molecule has 0 bridgehead atoms.